The fraction of sp³-hybridized carbons (Fsp3) is 0.600. The Morgan fingerprint density at radius 3 is 3.00 bits per heavy atom. The Balaban J connectivity index is 2.36. The van der Waals surface area contributed by atoms with E-state index >= 15 is 0 Å². The zero-order valence-corrected chi connectivity index (χ0v) is 6.43. The van der Waals surface area contributed by atoms with E-state index in [1.54, 1.807) is 0 Å². The van der Waals surface area contributed by atoms with Crippen molar-refractivity contribution in [2.24, 2.45) is 0 Å². The maximum absolute atomic E-state index is 10.7. The molecule has 5 nitrogen and oxygen atoms in total. The highest BCUT2D eigenvalue weighted by Gasteiger charge is 2.22. The molecule has 0 bridgehead atoms. The number of ether oxygens (including phenoxy) is 1. The summed E-state index contributed by atoms with van der Waals surface area (Å²) in [7, 11) is 0. The van der Waals surface area contributed by atoms with Gasteiger partial charge in [-0.05, 0) is 0 Å². The predicted molar refractivity (Wildman–Crippen MR) is 36.9 cm³/mol. The number of rotatable bonds is 2. The molecule has 0 aromatic carbocycles. The third-order valence-electron chi connectivity index (χ3n) is 1.14. The number of hydrazine groups is 1. The number of halogens is 1. The molecule has 0 aromatic heterocycles. The Labute approximate surface area is 68.2 Å². The van der Waals surface area contributed by atoms with Gasteiger partial charge in [0.15, 0.2) is 0 Å². The lowest BCUT2D eigenvalue weighted by Gasteiger charge is -2.11. The van der Waals surface area contributed by atoms with Crippen LogP contribution in [0.3, 0.4) is 0 Å². The summed E-state index contributed by atoms with van der Waals surface area (Å²) in [6, 6.07) is 0. The van der Waals surface area contributed by atoms with E-state index < -0.39 is 12.0 Å². The molecule has 1 rings (SSSR count). The molecule has 0 aliphatic carbocycles. The van der Waals surface area contributed by atoms with Crippen molar-refractivity contribution in [3.8, 4) is 0 Å². The monoisotopic (exact) mass is 178 g/mol. The molecule has 1 fully saturated rings. The third kappa shape index (κ3) is 1.98. The Kier molecular flexibility index (Phi) is 2.53. The molecular formula is C5H7ClN2O3. The number of amides is 2. The van der Waals surface area contributed by atoms with Crippen LogP contribution in [0.25, 0.3) is 0 Å². The molecule has 0 spiro atoms. The van der Waals surface area contributed by atoms with Gasteiger partial charge in [-0.15, -0.1) is 11.6 Å². The highest BCUT2D eigenvalue weighted by Crippen LogP contribution is 1.98. The highest BCUT2D eigenvalue weighted by molar-refractivity contribution is 6.27. The predicted octanol–water partition coefficient (Wildman–Crippen LogP) is -0.291. The molecule has 0 aromatic rings. The molecule has 0 saturated carbocycles. The molecule has 0 radical (unpaired) electrons. The second kappa shape index (κ2) is 3.43. The molecule has 6 heteroatoms. The average Bonchev–Trinajstić information content (AvgIpc) is 2.37. The van der Waals surface area contributed by atoms with Crippen LogP contribution in [0.2, 0.25) is 0 Å². The maximum atomic E-state index is 10.7. The molecule has 1 aliphatic heterocycles. The summed E-state index contributed by atoms with van der Waals surface area (Å²) in [6.45, 7) is 0.683. The van der Waals surface area contributed by atoms with E-state index in [9.17, 15) is 9.59 Å². The lowest BCUT2D eigenvalue weighted by molar-refractivity contribution is -0.122. The molecule has 1 heterocycles. The van der Waals surface area contributed by atoms with Gasteiger partial charge >= 0.3 is 6.09 Å². The van der Waals surface area contributed by atoms with Gasteiger partial charge in [-0.2, -0.15) is 0 Å². The first-order chi connectivity index (χ1) is 5.24. The van der Waals surface area contributed by atoms with Crippen LogP contribution in [-0.2, 0) is 9.53 Å². The van der Waals surface area contributed by atoms with Gasteiger partial charge in [0.05, 0.1) is 6.54 Å². The smallest absolute Gasteiger partial charge is 0.428 e. The lowest BCUT2D eigenvalue weighted by Crippen LogP contribution is -2.43. The first-order valence-corrected chi connectivity index (χ1v) is 3.57. The Morgan fingerprint density at radius 1 is 1.82 bits per heavy atom. The molecular weight excluding hydrogens is 172 g/mol. The van der Waals surface area contributed by atoms with E-state index in [1.165, 1.54) is 0 Å². The van der Waals surface area contributed by atoms with Gasteiger partial charge in [0.2, 0.25) is 0 Å². The van der Waals surface area contributed by atoms with Crippen molar-refractivity contribution in [2.45, 2.75) is 0 Å². The van der Waals surface area contributed by atoms with Crippen molar-refractivity contribution >= 4 is 23.6 Å². The van der Waals surface area contributed by atoms with Crippen LogP contribution in [0, 0.1) is 0 Å². The minimum atomic E-state index is -0.538. The second-order valence-corrected chi connectivity index (χ2v) is 2.20. The van der Waals surface area contributed by atoms with Crippen LogP contribution in [0.4, 0.5) is 4.79 Å². The number of hydrogen-bond donors (Lipinski definition) is 1. The van der Waals surface area contributed by atoms with Gasteiger partial charge in [-0.3, -0.25) is 10.2 Å². The summed E-state index contributed by atoms with van der Waals surface area (Å²) in [5.41, 5.74) is 2.27. The third-order valence-corrected chi connectivity index (χ3v) is 1.38. The van der Waals surface area contributed by atoms with Crippen molar-refractivity contribution in [1.82, 2.24) is 10.4 Å². The van der Waals surface area contributed by atoms with E-state index in [0.29, 0.717) is 13.2 Å². The molecule has 0 unspecified atom stereocenters. The van der Waals surface area contributed by atoms with Gasteiger partial charge in [0.25, 0.3) is 5.91 Å². The quantitative estimate of drug-likeness (QED) is 0.591. The van der Waals surface area contributed by atoms with Gasteiger partial charge < -0.3 is 4.74 Å². The summed E-state index contributed by atoms with van der Waals surface area (Å²) in [5, 5.41) is 1.09. The van der Waals surface area contributed by atoms with E-state index in [0.717, 1.165) is 5.01 Å². The van der Waals surface area contributed by atoms with Crippen molar-refractivity contribution in [3.63, 3.8) is 0 Å². The van der Waals surface area contributed by atoms with E-state index in [-0.39, 0.29) is 5.88 Å². The molecule has 1 aliphatic rings. The number of nitrogens with zero attached hydrogens (tertiary/aromatic N) is 1. The fourth-order valence-electron chi connectivity index (χ4n) is 0.675. The molecule has 1 saturated heterocycles. The summed E-state index contributed by atoms with van der Waals surface area (Å²) in [6.07, 6.45) is -0.538. The van der Waals surface area contributed by atoms with Crippen LogP contribution < -0.4 is 5.43 Å². The van der Waals surface area contributed by atoms with Crippen LogP contribution in [0.5, 0.6) is 0 Å². The zero-order valence-electron chi connectivity index (χ0n) is 5.67. The Morgan fingerprint density at radius 2 is 2.55 bits per heavy atom. The topological polar surface area (TPSA) is 58.6 Å². The fourth-order valence-corrected chi connectivity index (χ4v) is 0.735. The summed E-state index contributed by atoms with van der Waals surface area (Å²) in [4.78, 5) is 21.3. The van der Waals surface area contributed by atoms with Crippen molar-refractivity contribution in [3.05, 3.63) is 0 Å². The first kappa shape index (κ1) is 8.13. The summed E-state index contributed by atoms with van der Waals surface area (Å²) >= 11 is 5.19. The van der Waals surface area contributed by atoms with Crippen LogP contribution in [0.1, 0.15) is 0 Å². The number of cyclic esters (lactones) is 1. The van der Waals surface area contributed by atoms with Crippen LogP contribution >= 0.6 is 11.6 Å². The number of alkyl halides is 1. The average molecular weight is 179 g/mol. The SMILES string of the molecule is O=C(CCl)NN1CCOC1=O. The summed E-state index contributed by atoms with van der Waals surface area (Å²) < 4.78 is 4.54. The van der Waals surface area contributed by atoms with Gasteiger partial charge in [-0.25, -0.2) is 9.80 Å². The highest BCUT2D eigenvalue weighted by atomic mass is 35.5. The van der Waals surface area contributed by atoms with Crippen molar-refractivity contribution < 1.29 is 14.3 Å². The van der Waals surface area contributed by atoms with Crippen molar-refractivity contribution in [2.75, 3.05) is 19.0 Å². The van der Waals surface area contributed by atoms with Gasteiger partial charge in [0.1, 0.15) is 12.5 Å². The molecule has 62 valence electrons. The number of nitrogens with one attached hydrogen (secondary N) is 1. The minimum Gasteiger partial charge on any atom is -0.446 e. The standard InChI is InChI=1S/C5H7ClN2O3/c6-3-4(9)7-8-1-2-11-5(8)10/h1-3H2,(H,7,9). The maximum Gasteiger partial charge on any atom is 0.428 e. The van der Waals surface area contributed by atoms with E-state index in [4.69, 9.17) is 11.6 Å². The van der Waals surface area contributed by atoms with Crippen LogP contribution in [0.15, 0.2) is 0 Å². The van der Waals surface area contributed by atoms with E-state index in [1.807, 2.05) is 0 Å². The largest absolute Gasteiger partial charge is 0.446 e. The minimum absolute atomic E-state index is 0.163. The molecule has 0 atom stereocenters. The Hall–Kier alpha value is -0.970. The van der Waals surface area contributed by atoms with Gasteiger partial charge in [0, 0.05) is 0 Å². The number of hydrogen-bond acceptors (Lipinski definition) is 3. The lowest BCUT2D eigenvalue weighted by atomic mass is 10.7. The summed E-state index contributed by atoms with van der Waals surface area (Å²) in [5.74, 6) is -0.574. The van der Waals surface area contributed by atoms with Crippen LogP contribution in [-0.4, -0.2) is 36.0 Å². The molecule has 1 N–H and O–H groups in total. The normalized spacial score (nSPS) is 16.5. The van der Waals surface area contributed by atoms with E-state index in [2.05, 4.69) is 10.2 Å². The first-order valence-electron chi connectivity index (χ1n) is 3.04. The second-order valence-electron chi connectivity index (χ2n) is 1.93. The number of carbonyl (C=O) groups excluding carboxylic acids is 2. The molecule has 11 heavy (non-hydrogen) atoms. The Bertz CT molecular complexity index is 185. The zero-order chi connectivity index (χ0) is 8.27. The number of carbonyl (C=O) groups is 2. The van der Waals surface area contributed by atoms with Gasteiger partial charge in [-0.1, -0.05) is 0 Å². The molecule has 2 amide bonds. The van der Waals surface area contributed by atoms with Crippen molar-refractivity contribution in [1.29, 1.82) is 0 Å².